The first-order valence-corrected chi connectivity index (χ1v) is 6.98. The Morgan fingerprint density at radius 2 is 2.00 bits per heavy atom. The van der Waals surface area contributed by atoms with E-state index in [0.717, 1.165) is 32.1 Å². The maximum Gasteiger partial charge on any atom is 0.306 e. The predicted molar refractivity (Wildman–Crippen MR) is 74.1 cm³/mol. The summed E-state index contributed by atoms with van der Waals surface area (Å²) in [6.07, 6.45) is 4.70. The molecule has 2 nitrogen and oxygen atoms in total. The van der Waals surface area contributed by atoms with Crippen LogP contribution >= 0.6 is 0 Å². The minimum Gasteiger partial charge on any atom is -0.481 e. The number of rotatable bonds is 3. The van der Waals surface area contributed by atoms with Gasteiger partial charge in [0, 0.05) is 6.42 Å². The number of carboxylic acid groups (broad SMARTS) is 1. The normalized spacial score (nSPS) is 28.3. The Bertz CT molecular complexity index is 340. The van der Waals surface area contributed by atoms with Crippen molar-refractivity contribution in [3.8, 4) is 11.8 Å². The number of carboxylic acids is 1. The minimum absolute atomic E-state index is 0.151. The molecule has 1 aliphatic rings. The van der Waals surface area contributed by atoms with Crippen molar-refractivity contribution in [2.24, 2.45) is 23.2 Å². The molecule has 0 aromatic carbocycles. The number of carbonyl (C=O) groups is 1. The van der Waals surface area contributed by atoms with E-state index in [1.807, 2.05) is 6.92 Å². The van der Waals surface area contributed by atoms with Crippen LogP contribution in [0.4, 0.5) is 0 Å². The molecule has 0 heterocycles. The van der Waals surface area contributed by atoms with Crippen molar-refractivity contribution in [1.29, 1.82) is 0 Å². The summed E-state index contributed by atoms with van der Waals surface area (Å²) in [5, 5.41) is 9.32. The summed E-state index contributed by atoms with van der Waals surface area (Å²) in [4.78, 5) is 11.3. The average Bonchev–Trinajstić information content (AvgIpc) is 2.27. The fourth-order valence-electron chi connectivity index (χ4n) is 3.08. The van der Waals surface area contributed by atoms with Crippen LogP contribution in [0.5, 0.6) is 0 Å². The van der Waals surface area contributed by atoms with Crippen LogP contribution in [-0.4, -0.2) is 11.1 Å². The fraction of sp³-hybridized carbons (Fsp3) is 0.812. The molecule has 1 aliphatic carbocycles. The van der Waals surface area contributed by atoms with E-state index >= 15 is 0 Å². The van der Waals surface area contributed by atoms with Gasteiger partial charge in [-0.2, -0.15) is 0 Å². The molecular weight excluding hydrogens is 224 g/mol. The van der Waals surface area contributed by atoms with Gasteiger partial charge in [0.25, 0.3) is 0 Å². The van der Waals surface area contributed by atoms with Gasteiger partial charge in [0.2, 0.25) is 0 Å². The van der Waals surface area contributed by atoms with Crippen LogP contribution in [0.25, 0.3) is 0 Å². The van der Waals surface area contributed by atoms with Crippen molar-refractivity contribution in [3.63, 3.8) is 0 Å². The monoisotopic (exact) mass is 250 g/mol. The highest BCUT2D eigenvalue weighted by Gasteiger charge is 2.38. The first-order chi connectivity index (χ1) is 8.36. The molecule has 1 saturated carbocycles. The molecule has 1 fully saturated rings. The van der Waals surface area contributed by atoms with Gasteiger partial charge in [0.15, 0.2) is 0 Å². The maximum atomic E-state index is 11.3. The lowest BCUT2D eigenvalue weighted by Gasteiger charge is -2.40. The highest BCUT2D eigenvalue weighted by molar-refractivity contribution is 5.70. The summed E-state index contributed by atoms with van der Waals surface area (Å²) in [6, 6.07) is 0. The second-order valence-corrected chi connectivity index (χ2v) is 6.55. The Hall–Kier alpha value is -0.970. The molecule has 1 N–H and O–H groups in total. The van der Waals surface area contributed by atoms with E-state index in [-0.39, 0.29) is 11.3 Å². The molecule has 3 unspecified atom stereocenters. The van der Waals surface area contributed by atoms with E-state index in [1.54, 1.807) is 0 Å². The van der Waals surface area contributed by atoms with Gasteiger partial charge in [0.05, 0.1) is 5.92 Å². The Labute approximate surface area is 111 Å². The van der Waals surface area contributed by atoms with Crippen LogP contribution in [0.15, 0.2) is 0 Å². The van der Waals surface area contributed by atoms with Gasteiger partial charge >= 0.3 is 5.97 Å². The summed E-state index contributed by atoms with van der Waals surface area (Å²) in [5.41, 5.74) is 0.290. The minimum atomic E-state index is -0.614. The standard InChI is InChI=1S/C16H26O2/c1-5-6-7-8-12-11-13(16(2,3)4)9-10-14(12)15(17)18/h12-14H,7-11H2,1-4H3,(H,17,18). The topological polar surface area (TPSA) is 37.3 Å². The zero-order chi connectivity index (χ0) is 13.8. The molecule has 0 aliphatic heterocycles. The Kier molecular flexibility index (Phi) is 5.26. The SMILES string of the molecule is CC#CCCC1CC(C(C)(C)C)CCC1C(=O)O. The number of hydrogen-bond acceptors (Lipinski definition) is 1. The lowest BCUT2D eigenvalue weighted by Crippen LogP contribution is -2.35. The molecular formula is C16H26O2. The van der Waals surface area contributed by atoms with Gasteiger partial charge < -0.3 is 5.11 Å². The van der Waals surface area contributed by atoms with E-state index in [2.05, 4.69) is 32.6 Å². The van der Waals surface area contributed by atoms with Crippen molar-refractivity contribution >= 4 is 5.97 Å². The number of hydrogen-bond donors (Lipinski definition) is 1. The average molecular weight is 250 g/mol. The third-order valence-corrected chi connectivity index (χ3v) is 4.34. The second-order valence-electron chi connectivity index (χ2n) is 6.55. The summed E-state index contributed by atoms with van der Waals surface area (Å²) < 4.78 is 0. The van der Waals surface area contributed by atoms with Gasteiger partial charge in [-0.3, -0.25) is 4.79 Å². The van der Waals surface area contributed by atoms with Crippen LogP contribution in [0.2, 0.25) is 0 Å². The van der Waals surface area contributed by atoms with Crippen molar-refractivity contribution < 1.29 is 9.90 Å². The van der Waals surface area contributed by atoms with Crippen molar-refractivity contribution in [3.05, 3.63) is 0 Å². The molecule has 0 saturated heterocycles. The lowest BCUT2D eigenvalue weighted by molar-refractivity contribution is -0.146. The first kappa shape index (κ1) is 15.1. The molecule has 0 aromatic heterocycles. The lowest BCUT2D eigenvalue weighted by atomic mass is 9.64. The van der Waals surface area contributed by atoms with Crippen LogP contribution in [0, 0.1) is 35.0 Å². The molecule has 0 aromatic rings. The smallest absolute Gasteiger partial charge is 0.306 e. The number of aliphatic carboxylic acids is 1. The van der Waals surface area contributed by atoms with E-state index < -0.39 is 5.97 Å². The Morgan fingerprint density at radius 1 is 1.33 bits per heavy atom. The van der Waals surface area contributed by atoms with E-state index in [1.165, 1.54) is 0 Å². The van der Waals surface area contributed by atoms with Crippen LogP contribution in [-0.2, 0) is 4.79 Å². The molecule has 18 heavy (non-hydrogen) atoms. The summed E-state index contributed by atoms with van der Waals surface area (Å²) in [6.45, 7) is 8.64. The van der Waals surface area contributed by atoms with Crippen molar-refractivity contribution in [2.75, 3.05) is 0 Å². The highest BCUT2D eigenvalue weighted by Crippen LogP contribution is 2.44. The van der Waals surface area contributed by atoms with Crippen LogP contribution in [0.1, 0.15) is 59.8 Å². The molecule has 0 radical (unpaired) electrons. The summed E-state index contributed by atoms with van der Waals surface area (Å²) >= 11 is 0. The highest BCUT2D eigenvalue weighted by atomic mass is 16.4. The van der Waals surface area contributed by atoms with Crippen molar-refractivity contribution in [2.45, 2.75) is 59.8 Å². The van der Waals surface area contributed by atoms with Crippen molar-refractivity contribution in [1.82, 2.24) is 0 Å². The largest absolute Gasteiger partial charge is 0.481 e. The molecule has 0 amide bonds. The second kappa shape index (κ2) is 6.27. The zero-order valence-electron chi connectivity index (χ0n) is 12.1. The fourth-order valence-corrected chi connectivity index (χ4v) is 3.08. The predicted octanol–water partition coefficient (Wildman–Crippen LogP) is 3.95. The van der Waals surface area contributed by atoms with Gasteiger partial charge in [-0.1, -0.05) is 20.8 Å². The molecule has 3 atom stereocenters. The van der Waals surface area contributed by atoms with E-state index in [0.29, 0.717) is 11.8 Å². The molecule has 1 rings (SSSR count). The molecule has 102 valence electrons. The van der Waals surface area contributed by atoms with Gasteiger partial charge in [-0.05, 0) is 49.9 Å². The quantitative estimate of drug-likeness (QED) is 0.770. The van der Waals surface area contributed by atoms with Gasteiger partial charge in [-0.25, -0.2) is 0 Å². The third-order valence-electron chi connectivity index (χ3n) is 4.34. The zero-order valence-corrected chi connectivity index (χ0v) is 12.1. The molecule has 0 spiro atoms. The van der Waals surface area contributed by atoms with Gasteiger partial charge in [-0.15, -0.1) is 11.8 Å². The maximum absolute atomic E-state index is 11.3. The molecule has 0 bridgehead atoms. The molecule has 2 heteroatoms. The van der Waals surface area contributed by atoms with E-state index in [4.69, 9.17) is 0 Å². The van der Waals surface area contributed by atoms with Crippen LogP contribution in [0.3, 0.4) is 0 Å². The third kappa shape index (κ3) is 4.05. The summed E-state index contributed by atoms with van der Waals surface area (Å²) in [5.74, 6) is 6.15. The Morgan fingerprint density at radius 3 is 2.50 bits per heavy atom. The summed E-state index contributed by atoms with van der Waals surface area (Å²) in [7, 11) is 0. The van der Waals surface area contributed by atoms with Gasteiger partial charge in [0.1, 0.15) is 0 Å². The first-order valence-electron chi connectivity index (χ1n) is 6.98. The van der Waals surface area contributed by atoms with E-state index in [9.17, 15) is 9.90 Å². The Balaban J connectivity index is 2.69. The van der Waals surface area contributed by atoms with Crippen LogP contribution < -0.4 is 0 Å².